The molecule has 1 saturated heterocycles. The standard InChI is InChI=1S/C15H16Cl2N4O2S/c1-10-18-19-15(24-10)21-6-4-20(5-7-21)14(22)9-23-13-8-11(16)2-3-12(13)17/h2-3,8H,4-7,9H2,1H3. The Bertz CT molecular complexity index is 732. The summed E-state index contributed by atoms with van der Waals surface area (Å²) >= 11 is 13.5. The van der Waals surface area contributed by atoms with Crippen LogP contribution in [-0.4, -0.2) is 53.8 Å². The number of hydrogen-bond acceptors (Lipinski definition) is 6. The van der Waals surface area contributed by atoms with E-state index in [9.17, 15) is 4.79 Å². The van der Waals surface area contributed by atoms with Gasteiger partial charge in [0.25, 0.3) is 5.91 Å². The summed E-state index contributed by atoms with van der Waals surface area (Å²) in [4.78, 5) is 16.2. The van der Waals surface area contributed by atoms with Crippen molar-refractivity contribution >= 4 is 45.6 Å². The fraction of sp³-hybridized carbons (Fsp3) is 0.400. The van der Waals surface area contributed by atoms with E-state index in [1.807, 2.05) is 6.92 Å². The maximum atomic E-state index is 12.3. The zero-order valence-electron chi connectivity index (χ0n) is 13.0. The number of carbonyl (C=O) groups is 1. The number of rotatable bonds is 4. The summed E-state index contributed by atoms with van der Waals surface area (Å²) in [6.07, 6.45) is 0. The number of ether oxygens (including phenoxy) is 1. The second-order valence-corrected chi connectivity index (χ2v) is 7.34. The van der Waals surface area contributed by atoms with E-state index in [2.05, 4.69) is 15.1 Å². The lowest BCUT2D eigenvalue weighted by Gasteiger charge is -2.34. The van der Waals surface area contributed by atoms with Gasteiger partial charge in [0.1, 0.15) is 10.8 Å². The zero-order valence-corrected chi connectivity index (χ0v) is 15.4. The lowest BCUT2D eigenvalue weighted by atomic mass is 10.3. The number of nitrogens with zero attached hydrogens (tertiary/aromatic N) is 4. The summed E-state index contributed by atoms with van der Waals surface area (Å²) in [5.74, 6) is 0.347. The molecule has 1 aromatic heterocycles. The third-order valence-electron chi connectivity index (χ3n) is 3.66. The van der Waals surface area contributed by atoms with Gasteiger partial charge in [-0.25, -0.2) is 0 Å². The number of aromatic nitrogens is 2. The molecule has 1 aliphatic rings. The molecule has 0 saturated carbocycles. The van der Waals surface area contributed by atoms with Crippen LogP contribution < -0.4 is 9.64 Å². The summed E-state index contributed by atoms with van der Waals surface area (Å²) in [5.41, 5.74) is 0. The predicted octanol–water partition coefficient (Wildman–Crippen LogP) is 2.88. The van der Waals surface area contributed by atoms with Crippen LogP contribution in [0.1, 0.15) is 5.01 Å². The van der Waals surface area contributed by atoms with Gasteiger partial charge in [-0.3, -0.25) is 4.79 Å². The number of anilines is 1. The Morgan fingerprint density at radius 1 is 1.25 bits per heavy atom. The summed E-state index contributed by atoms with van der Waals surface area (Å²) in [7, 11) is 0. The van der Waals surface area contributed by atoms with Crippen molar-refractivity contribution < 1.29 is 9.53 Å². The molecule has 1 aromatic carbocycles. The molecule has 3 rings (SSSR count). The van der Waals surface area contributed by atoms with E-state index >= 15 is 0 Å². The average Bonchev–Trinajstić information content (AvgIpc) is 3.02. The molecule has 1 fully saturated rings. The molecule has 1 aliphatic heterocycles. The topological polar surface area (TPSA) is 58.6 Å². The molecule has 2 heterocycles. The van der Waals surface area contributed by atoms with Gasteiger partial charge in [0.15, 0.2) is 6.61 Å². The van der Waals surface area contributed by atoms with Crippen LogP contribution in [0.25, 0.3) is 0 Å². The van der Waals surface area contributed by atoms with E-state index in [1.165, 1.54) is 0 Å². The van der Waals surface area contributed by atoms with Crippen molar-refractivity contribution in [2.24, 2.45) is 0 Å². The van der Waals surface area contributed by atoms with E-state index in [4.69, 9.17) is 27.9 Å². The molecular formula is C15H16Cl2N4O2S. The first-order valence-electron chi connectivity index (χ1n) is 7.43. The van der Waals surface area contributed by atoms with Crippen LogP contribution in [0.2, 0.25) is 10.0 Å². The van der Waals surface area contributed by atoms with Crippen molar-refractivity contribution in [2.75, 3.05) is 37.7 Å². The fourth-order valence-electron chi connectivity index (χ4n) is 2.38. The van der Waals surface area contributed by atoms with Crippen LogP contribution in [0.4, 0.5) is 5.13 Å². The molecule has 0 atom stereocenters. The molecule has 2 aromatic rings. The Hall–Kier alpha value is -1.57. The molecule has 6 nitrogen and oxygen atoms in total. The summed E-state index contributed by atoms with van der Waals surface area (Å²) < 4.78 is 5.51. The first-order chi connectivity index (χ1) is 11.5. The minimum absolute atomic E-state index is 0.0576. The molecule has 0 bridgehead atoms. The van der Waals surface area contributed by atoms with Crippen LogP contribution in [0.5, 0.6) is 5.75 Å². The molecule has 0 unspecified atom stereocenters. The van der Waals surface area contributed by atoms with Crippen molar-refractivity contribution in [3.05, 3.63) is 33.3 Å². The first-order valence-corrected chi connectivity index (χ1v) is 9.01. The number of aryl methyl sites for hydroxylation is 1. The van der Waals surface area contributed by atoms with Crippen molar-refractivity contribution in [1.29, 1.82) is 0 Å². The van der Waals surface area contributed by atoms with Gasteiger partial charge in [0.2, 0.25) is 5.13 Å². The van der Waals surface area contributed by atoms with E-state index in [0.29, 0.717) is 28.9 Å². The minimum Gasteiger partial charge on any atom is -0.482 e. The second-order valence-electron chi connectivity index (χ2n) is 5.33. The van der Waals surface area contributed by atoms with Crippen molar-refractivity contribution in [3.8, 4) is 5.75 Å². The van der Waals surface area contributed by atoms with Gasteiger partial charge < -0.3 is 14.5 Å². The third kappa shape index (κ3) is 4.09. The number of hydrogen-bond donors (Lipinski definition) is 0. The Kier molecular flexibility index (Phi) is 5.43. The van der Waals surface area contributed by atoms with Gasteiger partial charge in [-0.05, 0) is 19.1 Å². The maximum Gasteiger partial charge on any atom is 0.260 e. The monoisotopic (exact) mass is 386 g/mol. The predicted molar refractivity (Wildman–Crippen MR) is 95.4 cm³/mol. The quantitative estimate of drug-likeness (QED) is 0.808. The number of amides is 1. The maximum absolute atomic E-state index is 12.3. The minimum atomic E-state index is -0.0702. The van der Waals surface area contributed by atoms with Crippen molar-refractivity contribution in [3.63, 3.8) is 0 Å². The lowest BCUT2D eigenvalue weighted by molar-refractivity contribution is -0.133. The molecule has 0 N–H and O–H groups in total. The van der Waals surface area contributed by atoms with E-state index in [1.54, 1.807) is 34.4 Å². The highest BCUT2D eigenvalue weighted by molar-refractivity contribution is 7.15. The lowest BCUT2D eigenvalue weighted by Crippen LogP contribution is -2.50. The van der Waals surface area contributed by atoms with Gasteiger partial charge in [-0.15, -0.1) is 10.2 Å². The molecule has 128 valence electrons. The van der Waals surface area contributed by atoms with Crippen LogP contribution in [-0.2, 0) is 4.79 Å². The van der Waals surface area contributed by atoms with Gasteiger partial charge in [0.05, 0.1) is 5.02 Å². The largest absolute Gasteiger partial charge is 0.482 e. The van der Waals surface area contributed by atoms with Crippen LogP contribution in [0, 0.1) is 6.92 Å². The highest BCUT2D eigenvalue weighted by Gasteiger charge is 2.23. The number of benzene rings is 1. The van der Waals surface area contributed by atoms with Gasteiger partial charge >= 0.3 is 0 Å². The average molecular weight is 387 g/mol. The van der Waals surface area contributed by atoms with E-state index in [0.717, 1.165) is 23.2 Å². The molecule has 9 heteroatoms. The van der Waals surface area contributed by atoms with Crippen molar-refractivity contribution in [2.45, 2.75) is 6.92 Å². The molecule has 1 amide bonds. The normalized spacial score (nSPS) is 14.8. The highest BCUT2D eigenvalue weighted by Crippen LogP contribution is 2.27. The third-order valence-corrected chi connectivity index (χ3v) is 5.11. The number of halogens is 2. The number of carbonyl (C=O) groups excluding carboxylic acids is 1. The molecule has 0 radical (unpaired) electrons. The SMILES string of the molecule is Cc1nnc(N2CCN(C(=O)COc3cc(Cl)ccc3Cl)CC2)s1. The molecular weight excluding hydrogens is 371 g/mol. The smallest absolute Gasteiger partial charge is 0.260 e. The Morgan fingerprint density at radius 3 is 2.67 bits per heavy atom. The van der Waals surface area contributed by atoms with E-state index < -0.39 is 0 Å². The Labute approximate surface area is 153 Å². The summed E-state index contributed by atoms with van der Waals surface area (Å²) in [6, 6.07) is 4.92. The van der Waals surface area contributed by atoms with Crippen LogP contribution in [0.15, 0.2) is 18.2 Å². The Balaban J connectivity index is 1.51. The van der Waals surface area contributed by atoms with Crippen LogP contribution >= 0.6 is 34.5 Å². The zero-order chi connectivity index (χ0) is 17.1. The van der Waals surface area contributed by atoms with Gasteiger partial charge in [-0.1, -0.05) is 34.5 Å². The molecule has 0 aliphatic carbocycles. The summed E-state index contributed by atoms with van der Waals surface area (Å²) in [5, 5.41) is 11.0. The first kappa shape index (κ1) is 17.3. The van der Waals surface area contributed by atoms with Crippen LogP contribution in [0.3, 0.4) is 0 Å². The second kappa shape index (κ2) is 7.55. The molecule has 24 heavy (non-hydrogen) atoms. The van der Waals surface area contributed by atoms with Crippen molar-refractivity contribution in [1.82, 2.24) is 15.1 Å². The fourth-order valence-corrected chi connectivity index (χ4v) is 3.45. The van der Waals surface area contributed by atoms with E-state index in [-0.39, 0.29) is 12.5 Å². The Morgan fingerprint density at radius 2 is 2.00 bits per heavy atom. The number of piperazine rings is 1. The summed E-state index contributed by atoms with van der Waals surface area (Å²) in [6.45, 7) is 4.60. The highest BCUT2D eigenvalue weighted by atomic mass is 35.5. The molecule has 0 spiro atoms. The van der Waals surface area contributed by atoms with Gasteiger partial charge in [0, 0.05) is 37.3 Å². The van der Waals surface area contributed by atoms with Gasteiger partial charge in [-0.2, -0.15) is 0 Å².